The normalized spacial score (nSPS) is 18.2. The summed E-state index contributed by atoms with van der Waals surface area (Å²) in [6.07, 6.45) is 3.78. The van der Waals surface area contributed by atoms with Crippen LogP contribution in [-0.4, -0.2) is 31.2 Å². The van der Waals surface area contributed by atoms with Crippen molar-refractivity contribution in [3.05, 3.63) is 59.7 Å². The Morgan fingerprint density at radius 2 is 1.74 bits per heavy atom. The molecule has 1 N–H and O–H groups in total. The van der Waals surface area contributed by atoms with Gasteiger partial charge in [-0.05, 0) is 68.1 Å². The highest BCUT2D eigenvalue weighted by atomic mass is 32.2. The van der Waals surface area contributed by atoms with E-state index in [4.69, 9.17) is 0 Å². The molecule has 2 aromatic rings. The predicted molar refractivity (Wildman–Crippen MR) is 107 cm³/mol. The lowest BCUT2D eigenvalue weighted by Gasteiger charge is -2.32. The molecule has 144 valence electrons. The van der Waals surface area contributed by atoms with E-state index >= 15 is 0 Å². The number of sulfonamides is 1. The predicted octanol–water partition coefficient (Wildman–Crippen LogP) is 4.06. The lowest BCUT2D eigenvalue weighted by atomic mass is 10.1. The van der Waals surface area contributed by atoms with Gasteiger partial charge in [0.2, 0.25) is 10.0 Å². The molecule has 0 bridgehead atoms. The van der Waals surface area contributed by atoms with Crippen LogP contribution in [0.2, 0.25) is 0 Å². The van der Waals surface area contributed by atoms with Crippen molar-refractivity contribution in [3.8, 4) is 0 Å². The van der Waals surface area contributed by atoms with Gasteiger partial charge in [-0.3, -0.25) is 4.79 Å². The summed E-state index contributed by atoms with van der Waals surface area (Å²) in [6.45, 7) is 4.58. The van der Waals surface area contributed by atoms with Crippen LogP contribution >= 0.6 is 0 Å². The maximum atomic E-state index is 12.9. The number of aryl methyl sites for hydroxylation is 1. The van der Waals surface area contributed by atoms with E-state index in [-0.39, 0.29) is 16.8 Å². The van der Waals surface area contributed by atoms with Gasteiger partial charge in [-0.2, -0.15) is 4.31 Å². The number of anilines is 1. The average molecular weight is 387 g/mol. The third-order valence-corrected chi connectivity index (χ3v) is 7.11. The van der Waals surface area contributed by atoms with Crippen LogP contribution in [0, 0.1) is 0 Å². The molecule has 1 aliphatic rings. The van der Waals surface area contributed by atoms with E-state index < -0.39 is 10.0 Å². The summed E-state index contributed by atoms with van der Waals surface area (Å²) in [5.41, 5.74) is 2.35. The van der Waals surface area contributed by atoms with E-state index in [2.05, 4.69) is 12.2 Å². The molecule has 0 saturated carbocycles. The van der Waals surface area contributed by atoms with Crippen molar-refractivity contribution in [3.63, 3.8) is 0 Å². The molecule has 1 fully saturated rings. The number of carbonyl (C=O) groups is 1. The molecule has 27 heavy (non-hydrogen) atoms. The molecule has 3 rings (SSSR count). The Kier molecular flexibility index (Phi) is 5.97. The summed E-state index contributed by atoms with van der Waals surface area (Å²) in [5.74, 6) is -0.255. The van der Waals surface area contributed by atoms with Crippen molar-refractivity contribution in [2.24, 2.45) is 0 Å². The first-order valence-corrected chi connectivity index (χ1v) is 10.9. The Morgan fingerprint density at radius 3 is 2.33 bits per heavy atom. The number of nitrogens with one attached hydrogen (secondary N) is 1. The number of carbonyl (C=O) groups excluding carboxylic acids is 1. The fraction of sp³-hybridized carbons (Fsp3) is 0.381. The van der Waals surface area contributed by atoms with Gasteiger partial charge in [0.05, 0.1) is 4.90 Å². The first kappa shape index (κ1) is 19.6. The molecule has 2 aromatic carbocycles. The summed E-state index contributed by atoms with van der Waals surface area (Å²) in [4.78, 5) is 12.6. The summed E-state index contributed by atoms with van der Waals surface area (Å²) >= 11 is 0. The van der Waals surface area contributed by atoms with Gasteiger partial charge in [0, 0.05) is 23.8 Å². The van der Waals surface area contributed by atoms with Crippen molar-refractivity contribution in [1.82, 2.24) is 4.31 Å². The zero-order chi connectivity index (χ0) is 19.4. The van der Waals surface area contributed by atoms with Crippen LogP contribution in [0.3, 0.4) is 0 Å². The summed E-state index contributed by atoms with van der Waals surface area (Å²) < 4.78 is 27.3. The van der Waals surface area contributed by atoms with Crippen LogP contribution in [0.1, 0.15) is 49.0 Å². The van der Waals surface area contributed by atoms with E-state index in [1.165, 1.54) is 17.7 Å². The number of hydrogen-bond donors (Lipinski definition) is 1. The molecule has 1 atom stereocenters. The van der Waals surface area contributed by atoms with Gasteiger partial charge in [0.15, 0.2) is 0 Å². The Bertz CT molecular complexity index is 890. The Labute approximate surface area is 161 Å². The summed E-state index contributed by atoms with van der Waals surface area (Å²) in [5, 5.41) is 2.84. The van der Waals surface area contributed by atoms with Gasteiger partial charge in [0.25, 0.3) is 5.91 Å². The Morgan fingerprint density at radius 1 is 1.07 bits per heavy atom. The molecule has 1 heterocycles. The van der Waals surface area contributed by atoms with Gasteiger partial charge in [-0.25, -0.2) is 8.42 Å². The van der Waals surface area contributed by atoms with E-state index in [0.717, 1.165) is 31.4 Å². The molecule has 1 amide bonds. The molecular weight excluding hydrogens is 360 g/mol. The standard InChI is InChI=1S/C21H26N2O3S/c1-3-17-7-11-19(12-8-17)22-21(24)18-9-13-20(14-10-18)27(25,26)23-15-5-4-6-16(23)2/h7-14,16H,3-6,15H2,1-2H3,(H,22,24)/t16-/m1/s1. The molecule has 0 unspecified atom stereocenters. The van der Waals surface area contributed by atoms with Gasteiger partial charge < -0.3 is 5.32 Å². The molecule has 0 aliphatic carbocycles. The minimum atomic E-state index is -3.52. The lowest BCUT2D eigenvalue weighted by molar-refractivity contribution is 0.102. The molecule has 0 aromatic heterocycles. The molecule has 5 nitrogen and oxygen atoms in total. The van der Waals surface area contributed by atoms with Gasteiger partial charge in [0.1, 0.15) is 0 Å². The Balaban J connectivity index is 1.73. The first-order valence-electron chi connectivity index (χ1n) is 9.44. The van der Waals surface area contributed by atoms with Crippen LogP contribution in [0.5, 0.6) is 0 Å². The monoisotopic (exact) mass is 386 g/mol. The maximum Gasteiger partial charge on any atom is 0.255 e. The fourth-order valence-corrected chi connectivity index (χ4v) is 5.07. The highest BCUT2D eigenvalue weighted by molar-refractivity contribution is 7.89. The molecule has 6 heteroatoms. The van der Waals surface area contributed by atoms with Crippen LogP contribution in [0.25, 0.3) is 0 Å². The highest BCUT2D eigenvalue weighted by Gasteiger charge is 2.30. The van der Waals surface area contributed by atoms with Crippen molar-refractivity contribution in [2.75, 3.05) is 11.9 Å². The molecule has 1 saturated heterocycles. The van der Waals surface area contributed by atoms with Crippen LogP contribution in [0.4, 0.5) is 5.69 Å². The fourth-order valence-electron chi connectivity index (χ4n) is 3.37. The van der Waals surface area contributed by atoms with E-state index in [1.54, 1.807) is 16.4 Å². The highest BCUT2D eigenvalue weighted by Crippen LogP contribution is 2.25. The van der Waals surface area contributed by atoms with E-state index in [1.807, 2.05) is 31.2 Å². The lowest BCUT2D eigenvalue weighted by Crippen LogP contribution is -2.41. The minimum absolute atomic E-state index is 0.0119. The Hall–Kier alpha value is -2.18. The molecular formula is C21H26N2O3S. The zero-order valence-corrected chi connectivity index (χ0v) is 16.6. The zero-order valence-electron chi connectivity index (χ0n) is 15.8. The second-order valence-electron chi connectivity index (χ2n) is 6.99. The second-order valence-corrected chi connectivity index (χ2v) is 8.88. The van der Waals surface area contributed by atoms with Crippen molar-refractivity contribution >= 4 is 21.6 Å². The van der Waals surface area contributed by atoms with Crippen molar-refractivity contribution < 1.29 is 13.2 Å². The van der Waals surface area contributed by atoms with E-state index in [9.17, 15) is 13.2 Å². The summed E-state index contributed by atoms with van der Waals surface area (Å²) in [6, 6.07) is 13.9. The first-order chi connectivity index (χ1) is 12.9. The second kappa shape index (κ2) is 8.23. The number of rotatable bonds is 5. The largest absolute Gasteiger partial charge is 0.322 e. The average Bonchev–Trinajstić information content (AvgIpc) is 2.69. The third kappa shape index (κ3) is 4.39. The maximum absolute atomic E-state index is 12.9. The van der Waals surface area contributed by atoms with Crippen LogP contribution < -0.4 is 5.32 Å². The SMILES string of the molecule is CCc1ccc(NC(=O)c2ccc(S(=O)(=O)N3CCCC[C@H]3C)cc2)cc1. The number of nitrogens with zero attached hydrogens (tertiary/aromatic N) is 1. The molecule has 0 radical (unpaired) electrons. The van der Waals surface area contributed by atoms with E-state index in [0.29, 0.717) is 12.1 Å². The van der Waals surface area contributed by atoms with Crippen LogP contribution in [0.15, 0.2) is 53.4 Å². The van der Waals surface area contributed by atoms with Gasteiger partial charge in [-0.1, -0.05) is 25.5 Å². The molecule has 1 aliphatic heterocycles. The van der Waals surface area contributed by atoms with Gasteiger partial charge in [-0.15, -0.1) is 0 Å². The quantitative estimate of drug-likeness (QED) is 0.842. The third-order valence-electron chi connectivity index (χ3n) is 5.09. The number of hydrogen-bond acceptors (Lipinski definition) is 3. The minimum Gasteiger partial charge on any atom is -0.322 e. The van der Waals surface area contributed by atoms with Gasteiger partial charge >= 0.3 is 0 Å². The summed E-state index contributed by atoms with van der Waals surface area (Å²) in [7, 11) is -3.52. The van der Waals surface area contributed by atoms with Crippen molar-refractivity contribution in [2.45, 2.75) is 50.5 Å². The smallest absolute Gasteiger partial charge is 0.255 e. The number of piperidine rings is 1. The number of amides is 1. The van der Waals surface area contributed by atoms with Crippen LogP contribution in [-0.2, 0) is 16.4 Å². The molecule has 0 spiro atoms. The van der Waals surface area contributed by atoms with Crippen molar-refractivity contribution in [1.29, 1.82) is 0 Å². The number of benzene rings is 2. The topological polar surface area (TPSA) is 66.5 Å².